The minimum Gasteiger partial charge on any atom is -0.357 e. The molecule has 3 rings (SSSR count). The minimum atomic E-state index is -0.202. The fourth-order valence-electron chi connectivity index (χ4n) is 2.54. The van der Waals surface area contributed by atoms with Gasteiger partial charge in [0.1, 0.15) is 12.4 Å². The van der Waals surface area contributed by atoms with E-state index in [2.05, 4.69) is 41.8 Å². The van der Waals surface area contributed by atoms with E-state index in [1.54, 1.807) is 12.1 Å². The Morgan fingerprint density at radius 1 is 1.22 bits per heavy atom. The molecule has 0 atom stereocenters. The van der Waals surface area contributed by atoms with Crippen LogP contribution < -0.4 is 10.6 Å². The molecular formula is C18H21BrFIN6. The average molecular weight is 547 g/mol. The molecule has 0 saturated carbocycles. The van der Waals surface area contributed by atoms with Gasteiger partial charge in [0.05, 0.1) is 0 Å². The molecule has 0 aliphatic rings. The number of aromatic nitrogens is 3. The van der Waals surface area contributed by atoms with Crippen LogP contribution in [0.1, 0.15) is 18.3 Å². The number of fused-ring (bicyclic) bond motifs is 1. The molecule has 27 heavy (non-hydrogen) atoms. The Kier molecular flexibility index (Phi) is 8.42. The third-order valence-corrected chi connectivity index (χ3v) is 4.29. The van der Waals surface area contributed by atoms with Gasteiger partial charge in [0.15, 0.2) is 17.4 Å². The third kappa shape index (κ3) is 5.86. The molecule has 2 heterocycles. The van der Waals surface area contributed by atoms with Crippen molar-refractivity contribution in [2.75, 3.05) is 13.1 Å². The van der Waals surface area contributed by atoms with Crippen molar-refractivity contribution in [3.05, 3.63) is 64.3 Å². The Balaban J connectivity index is 0.00000261. The molecule has 0 spiro atoms. The summed E-state index contributed by atoms with van der Waals surface area (Å²) < 4.78 is 16.6. The van der Waals surface area contributed by atoms with E-state index in [0.717, 1.165) is 22.5 Å². The summed E-state index contributed by atoms with van der Waals surface area (Å²) in [6.45, 7) is 3.70. The van der Waals surface area contributed by atoms with E-state index in [-0.39, 0.29) is 29.8 Å². The molecule has 0 bridgehead atoms. The van der Waals surface area contributed by atoms with Gasteiger partial charge in [0, 0.05) is 23.8 Å². The number of nitrogens with zero attached hydrogens (tertiary/aromatic N) is 4. The maximum absolute atomic E-state index is 13.8. The number of aliphatic imine (C=N–C) groups is 1. The Labute approximate surface area is 182 Å². The lowest BCUT2D eigenvalue weighted by molar-refractivity contribution is 0.606. The number of guanidine groups is 1. The van der Waals surface area contributed by atoms with Crippen LogP contribution in [0.3, 0.4) is 0 Å². The second-order valence-electron chi connectivity index (χ2n) is 5.65. The van der Waals surface area contributed by atoms with E-state index >= 15 is 0 Å². The van der Waals surface area contributed by atoms with E-state index in [9.17, 15) is 4.39 Å². The molecular weight excluding hydrogens is 526 g/mol. The van der Waals surface area contributed by atoms with Crippen LogP contribution in [0.2, 0.25) is 0 Å². The van der Waals surface area contributed by atoms with Crippen LogP contribution >= 0.6 is 39.9 Å². The van der Waals surface area contributed by atoms with Crippen molar-refractivity contribution in [1.82, 2.24) is 25.2 Å². The number of pyridine rings is 1. The summed E-state index contributed by atoms with van der Waals surface area (Å²) in [5.74, 6) is 1.22. The predicted octanol–water partition coefficient (Wildman–Crippen LogP) is 3.55. The highest BCUT2D eigenvalue weighted by molar-refractivity contribution is 14.0. The smallest absolute Gasteiger partial charge is 0.191 e. The third-order valence-electron chi connectivity index (χ3n) is 3.80. The standard InChI is InChI=1S/C18H20BrFN6.HI/c1-2-21-18(22-9-8-13-11-14(19)6-7-15(13)20)23-12-17-25-24-16-5-3-4-10-26(16)17;/h3-7,10-11H,2,8-9,12H2,1H3,(H2,21,22,23);1H. The quantitative estimate of drug-likeness (QED) is 0.282. The van der Waals surface area contributed by atoms with Crippen molar-refractivity contribution in [2.45, 2.75) is 19.9 Å². The van der Waals surface area contributed by atoms with Crippen molar-refractivity contribution < 1.29 is 4.39 Å². The van der Waals surface area contributed by atoms with E-state index in [4.69, 9.17) is 0 Å². The normalized spacial score (nSPS) is 11.3. The summed E-state index contributed by atoms with van der Waals surface area (Å²) in [6.07, 6.45) is 2.47. The largest absolute Gasteiger partial charge is 0.357 e. The molecule has 0 unspecified atom stereocenters. The number of nitrogens with one attached hydrogen (secondary N) is 2. The topological polar surface area (TPSA) is 66.6 Å². The molecule has 0 radical (unpaired) electrons. The highest BCUT2D eigenvalue weighted by Gasteiger charge is 2.06. The summed E-state index contributed by atoms with van der Waals surface area (Å²) in [6, 6.07) is 10.7. The van der Waals surface area contributed by atoms with Crippen LogP contribution in [0.15, 0.2) is 52.1 Å². The molecule has 0 fully saturated rings. The molecule has 1 aromatic carbocycles. The molecule has 3 aromatic rings. The summed E-state index contributed by atoms with van der Waals surface area (Å²) in [5.41, 5.74) is 1.45. The van der Waals surface area contributed by atoms with Gasteiger partial charge in [-0.25, -0.2) is 9.38 Å². The fourth-order valence-corrected chi connectivity index (χ4v) is 2.95. The molecule has 0 amide bonds. The number of hydrogen-bond acceptors (Lipinski definition) is 3. The summed E-state index contributed by atoms with van der Waals surface area (Å²) in [4.78, 5) is 4.55. The first-order chi connectivity index (χ1) is 12.7. The SMILES string of the molecule is CCNC(=NCc1nnc2ccccn12)NCCc1cc(Br)ccc1F.I. The Bertz CT molecular complexity index is 914. The van der Waals surface area contributed by atoms with E-state index in [1.165, 1.54) is 6.07 Å². The molecule has 2 aromatic heterocycles. The Morgan fingerprint density at radius 3 is 2.89 bits per heavy atom. The molecule has 0 aliphatic heterocycles. The van der Waals surface area contributed by atoms with E-state index in [1.807, 2.05) is 35.7 Å². The number of rotatable bonds is 6. The molecule has 144 valence electrons. The van der Waals surface area contributed by atoms with Gasteiger partial charge in [0.25, 0.3) is 0 Å². The van der Waals surface area contributed by atoms with Gasteiger partial charge >= 0.3 is 0 Å². The summed E-state index contributed by atoms with van der Waals surface area (Å²) >= 11 is 3.37. The lowest BCUT2D eigenvalue weighted by Gasteiger charge is -2.11. The average Bonchev–Trinajstić information content (AvgIpc) is 3.06. The zero-order chi connectivity index (χ0) is 18.4. The first kappa shape index (κ1) is 21.5. The maximum Gasteiger partial charge on any atom is 0.191 e. The van der Waals surface area contributed by atoms with Crippen LogP contribution in [0, 0.1) is 5.82 Å². The molecule has 6 nitrogen and oxygen atoms in total. The summed E-state index contributed by atoms with van der Waals surface area (Å²) in [5, 5.41) is 14.7. The lowest BCUT2D eigenvalue weighted by Crippen LogP contribution is -2.38. The number of hydrogen-bond donors (Lipinski definition) is 2. The van der Waals surface area contributed by atoms with Crippen LogP contribution in [0.25, 0.3) is 5.65 Å². The van der Waals surface area contributed by atoms with Gasteiger partial charge < -0.3 is 10.6 Å². The second-order valence-corrected chi connectivity index (χ2v) is 6.57. The summed E-state index contributed by atoms with van der Waals surface area (Å²) in [7, 11) is 0. The van der Waals surface area contributed by atoms with Crippen LogP contribution in [-0.4, -0.2) is 33.6 Å². The van der Waals surface area contributed by atoms with Crippen LogP contribution in [-0.2, 0) is 13.0 Å². The first-order valence-corrected chi connectivity index (χ1v) is 9.21. The number of halogens is 3. The zero-order valence-electron chi connectivity index (χ0n) is 14.8. The van der Waals surface area contributed by atoms with Gasteiger partial charge in [-0.3, -0.25) is 4.40 Å². The second kappa shape index (κ2) is 10.5. The van der Waals surface area contributed by atoms with Crippen molar-refractivity contribution in [3.8, 4) is 0 Å². The van der Waals surface area contributed by atoms with Gasteiger partial charge in [-0.05, 0) is 49.2 Å². The lowest BCUT2D eigenvalue weighted by atomic mass is 10.1. The van der Waals surface area contributed by atoms with Crippen molar-refractivity contribution in [3.63, 3.8) is 0 Å². The monoisotopic (exact) mass is 546 g/mol. The highest BCUT2D eigenvalue weighted by atomic mass is 127. The molecule has 0 saturated heterocycles. The fraction of sp³-hybridized carbons (Fsp3) is 0.278. The van der Waals surface area contributed by atoms with Gasteiger partial charge in [0.2, 0.25) is 0 Å². The highest BCUT2D eigenvalue weighted by Crippen LogP contribution is 2.15. The van der Waals surface area contributed by atoms with Crippen molar-refractivity contribution in [2.24, 2.45) is 4.99 Å². The minimum absolute atomic E-state index is 0. The van der Waals surface area contributed by atoms with Gasteiger partial charge in [-0.2, -0.15) is 0 Å². The van der Waals surface area contributed by atoms with Gasteiger partial charge in [-0.1, -0.05) is 22.0 Å². The van der Waals surface area contributed by atoms with E-state index < -0.39 is 0 Å². The molecule has 9 heteroatoms. The maximum atomic E-state index is 13.8. The molecule has 2 N–H and O–H groups in total. The van der Waals surface area contributed by atoms with Crippen LogP contribution in [0.5, 0.6) is 0 Å². The first-order valence-electron chi connectivity index (χ1n) is 8.42. The van der Waals surface area contributed by atoms with Crippen molar-refractivity contribution >= 4 is 51.5 Å². The van der Waals surface area contributed by atoms with Crippen LogP contribution in [0.4, 0.5) is 4.39 Å². The Hall–Kier alpha value is -1.75. The zero-order valence-corrected chi connectivity index (χ0v) is 18.7. The van der Waals surface area contributed by atoms with Crippen molar-refractivity contribution in [1.29, 1.82) is 0 Å². The predicted molar refractivity (Wildman–Crippen MR) is 119 cm³/mol. The van der Waals surface area contributed by atoms with E-state index in [0.29, 0.717) is 31.0 Å². The Morgan fingerprint density at radius 2 is 2.07 bits per heavy atom. The van der Waals surface area contributed by atoms with Gasteiger partial charge in [-0.15, -0.1) is 34.2 Å². The molecule has 0 aliphatic carbocycles. The number of benzene rings is 1.